The van der Waals surface area contributed by atoms with Crippen molar-refractivity contribution >= 4 is 5.97 Å². The zero-order valence-electron chi connectivity index (χ0n) is 10.8. The zero-order chi connectivity index (χ0) is 13.1. The molecule has 17 heavy (non-hydrogen) atoms. The van der Waals surface area contributed by atoms with Crippen molar-refractivity contribution in [1.82, 2.24) is 0 Å². The van der Waals surface area contributed by atoms with Crippen LogP contribution in [-0.2, 0) is 16.0 Å². The third-order valence-corrected chi connectivity index (χ3v) is 2.20. The SMILES string of the molecule is Cc1cc(CCC(=O)OC(C)(C)C)cc[n+]1[O-]. The van der Waals surface area contributed by atoms with Gasteiger partial charge in [0.2, 0.25) is 0 Å². The monoisotopic (exact) mass is 237 g/mol. The van der Waals surface area contributed by atoms with Crippen LogP contribution in [0.15, 0.2) is 18.3 Å². The average Bonchev–Trinajstić information content (AvgIpc) is 2.17. The van der Waals surface area contributed by atoms with Crippen LogP contribution in [0, 0.1) is 12.1 Å². The fourth-order valence-electron chi connectivity index (χ4n) is 1.46. The van der Waals surface area contributed by atoms with Gasteiger partial charge in [0.25, 0.3) is 0 Å². The Labute approximate surface area is 102 Å². The highest BCUT2D eigenvalue weighted by atomic mass is 16.6. The molecule has 0 radical (unpaired) electrons. The second-order valence-electron chi connectivity index (χ2n) is 5.09. The van der Waals surface area contributed by atoms with Crippen molar-refractivity contribution < 1.29 is 14.3 Å². The Morgan fingerprint density at radius 2 is 2.12 bits per heavy atom. The molecular formula is C13H19NO3. The first-order valence-corrected chi connectivity index (χ1v) is 5.68. The van der Waals surface area contributed by atoms with Gasteiger partial charge in [-0.3, -0.25) is 4.79 Å². The Bertz CT molecular complexity index is 408. The first-order chi connectivity index (χ1) is 7.78. The maximum absolute atomic E-state index is 11.5. The number of pyridine rings is 1. The van der Waals surface area contributed by atoms with Crippen molar-refractivity contribution in [2.75, 3.05) is 0 Å². The van der Waals surface area contributed by atoms with Gasteiger partial charge in [0, 0.05) is 25.5 Å². The number of rotatable bonds is 3. The van der Waals surface area contributed by atoms with E-state index in [0.717, 1.165) is 10.3 Å². The summed E-state index contributed by atoms with van der Waals surface area (Å²) in [5.74, 6) is -0.214. The predicted octanol–water partition coefficient (Wildman–Crippen LogP) is 1.90. The highest BCUT2D eigenvalue weighted by molar-refractivity contribution is 5.70. The molecule has 0 unspecified atom stereocenters. The molecule has 1 rings (SSSR count). The van der Waals surface area contributed by atoms with Gasteiger partial charge in [-0.2, -0.15) is 4.73 Å². The van der Waals surface area contributed by atoms with Crippen LogP contribution in [0.25, 0.3) is 0 Å². The largest absolute Gasteiger partial charge is 0.619 e. The summed E-state index contributed by atoms with van der Waals surface area (Å²) >= 11 is 0. The normalized spacial score (nSPS) is 11.3. The van der Waals surface area contributed by atoms with Gasteiger partial charge in [0.15, 0.2) is 11.9 Å². The number of carbonyl (C=O) groups is 1. The summed E-state index contributed by atoms with van der Waals surface area (Å²) < 4.78 is 6.01. The summed E-state index contributed by atoms with van der Waals surface area (Å²) in [4.78, 5) is 11.5. The molecule has 1 heterocycles. The fourth-order valence-corrected chi connectivity index (χ4v) is 1.46. The standard InChI is InChI=1S/C13H19NO3/c1-10-9-11(7-8-14(10)16)5-6-12(15)17-13(2,3)4/h7-9H,5-6H2,1-4H3. The van der Waals surface area contributed by atoms with E-state index in [1.165, 1.54) is 6.20 Å². The van der Waals surface area contributed by atoms with Gasteiger partial charge in [0.05, 0.1) is 0 Å². The van der Waals surface area contributed by atoms with Gasteiger partial charge in [0.1, 0.15) is 5.60 Å². The molecule has 0 aliphatic heterocycles. The molecule has 1 aromatic heterocycles. The third-order valence-electron chi connectivity index (χ3n) is 2.20. The lowest BCUT2D eigenvalue weighted by Gasteiger charge is -2.19. The Morgan fingerprint density at radius 3 is 2.65 bits per heavy atom. The first kappa shape index (κ1) is 13.5. The summed E-state index contributed by atoms with van der Waals surface area (Å²) in [6.45, 7) is 7.28. The van der Waals surface area contributed by atoms with Gasteiger partial charge < -0.3 is 9.94 Å². The van der Waals surface area contributed by atoms with Crippen molar-refractivity contribution in [2.24, 2.45) is 0 Å². The average molecular weight is 237 g/mol. The van der Waals surface area contributed by atoms with Crippen molar-refractivity contribution in [3.8, 4) is 0 Å². The molecule has 0 saturated heterocycles. The van der Waals surface area contributed by atoms with E-state index in [1.54, 1.807) is 19.1 Å². The maximum atomic E-state index is 11.5. The van der Waals surface area contributed by atoms with Crippen LogP contribution in [0.3, 0.4) is 0 Å². The number of hydrogen-bond donors (Lipinski definition) is 0. The first-order valence-electron chi connectivity index (χ1n) is 5.68. The summed E-state index contributed by atoms with van der Waals surface area (Å²) in [6, 6.07) is 3.52. The molecule has 0 N–H and O–H groups in total. The molecular weight excluding hydrogens is 218 g/mol. The van der Waals surface area contributed by atoms with Gasteiger partial charge in [-0.05, 0) is 32.8 Å². The molecule has 4 heteroatoms. The lowest BCUT2D eigenvalue weighted by atomic mass is 10.1. The smallest absolute Gasteiger partial charge is 0.306 e. The molecule has 0 aromatic carbocycles. The lowest BCUT2D eigenvalue weighted by molar-refractivity contribution is -0.612. The summed E-state index contributed by atoms with van der Waals surface area (Å²) in [5.41, 5.74) is 1.16. The number of esters is 1. The number of carbonyl (C=O) groups excluding carboxylic acids is 1. The molecule has 0 amide bonds. The Hall–Kier alpha value is -1.58. The number of aromatic nitrogens is 1. The molecule has 0 atom stereocenters. The molecule has 0 spiro atoms. The minimum Gasteiger partial charge on any atom is -0.619 e. The van der Waals surface area contributed by atoms with Crippen molar-refractivity contribution in [1.29, 1.82) is 0 Å². The highest BCUT2D eigenvalue weighted by Crippen LogP contribution is 2.10. The van der Waals surface area contributed by atoms with Gasteiger partial charge in [-0.1, -0.05) is 0 Å². The Balaban J connectivity index is 2.50. The van der Waals surface area contributed by atoms with Crippen molar-refractivity contribution in [2.45, 2.75) is 46.1 Å². The molecule has 1 aromatic rings. The molecule has 0 aliphatic carbocycles. The van der Waals surface area contributed by atoms with E-state index < -0.39 is 5.60 Å². The Kier molecular flexibility index (Phi) is 4.10. The van der Waals surface area contributed by atoms with Crippen LogP contribution in [0.4, 0.5) is 0 Å². The summed E-state index contributed by atoms with van der Waals surface area (Å²) in [7, 11) is 0. The maximum Gasteiger partial charge on any atom is 0.306 e. The third kappa shape index (κ3) is 4.85. The second kappa shape index (κ2) is 5.17. The van der Waals surface area contributed by atoms with Crippen molar-refractivity contribution in [3.63, 3.8) is 0 Å². The quantitative estimate of drug-likeness (QED) is 0.458. The molecule has 0 aliphatic rings. The Morgan fingerprint density at radius 1 is 1.47 bits per heavy atom. The highest BCUT2D eigenvalue weighted by Gasteiger charge is 2.16. The number of aryl methyl sites for hydroxylation is 2. The number of ether oxygens (including phenoxy) is 1. The van der Waals surface area contributed by atoms with Crippen LogP contribution in [0.5, 0.6) is 0 Å². The number of nitrogens with zero attached hydrogens (tertiary/aromatic N) is 1. The van der Waals surface area contributed by atoms with E-state index >= 15 is 0 Å². The lowest BCUT2D eigenvalue weighted by Crippen LogP contribution is -2.29. The van der Waals surface area contributed by atoms with Crippen LogP contribution >= 0.6 is 0 Å². The summed E-state index contributed by atoms with van der Waals surface area (Å²) in [6.07, 6.45) is 2.38. The van der Waals surface area contributed by atoms with Crippen LogP contribution in [0.1, 0.15) is 38.4 Å². The second-order valence-corrected chi connectivity index (χ2v) is 5.09. The topological polar surface area (TPSA) is 53.2 Å². The minimum absolute atomic E-state index is 0.214. The van der Waals surface area contributed by atoms with Gasteiger partial charge in [-0.25, -0.2) is 0 Å². The molecule has 0 saturated carbocycles. The van der Waals surface area contributed by atoms with Crippen LogP contribution in [0.2, 0.25) is 0 Å². The molecule has 4 nitrogen and oxygen atoms in total. The molecule has 0 bridgehead atoms. The van der Waals surface area contributed by atoms with E-state index in [0.29, 0.717) is 18.5 Å². The van der Waals surface area contributed by atoms with E-state index in [9.17, 15) is 10.0 Å². The van der Waals surface area contributed by atoms with Crippen LogP contribution < -0.4 is 4.73 Å². The van der Waals surface area contributed by atoms with E-state index in [1.807, 2.05) is 20.8 Å². The zero-order valence-corrected chi connectivity index (χ0v) is 10.8. The van der Waals surface area contributed by atoms with E-state index in [2.05, 4.69) is 0 Å². The number of hydrogen-bond acceptors (Lipinski definition) is 3. The van der Waals surface area contributed by atoms with E-state index in [-0.39, 0.29) is 5.97 Å². The van der Waals surface area contributed by atoms with Gasteiger partial charge in [-0.15, -0.1) is 0 Å². The van der Waals surface area contributed by atoms with E-state index in [4.69, 9.17) is 4.74 Å². The predicted molar refractivity (Wildman–Crippen MR) is 64.3 cm³/mol. The fraction of sp³-hybridized carbons (Fsp3) is 0.538. The summed E-state index contributed by atoms with van der Waals surface area (Å²) in [5, 5.41) is 11.1. The van der Waals surface area contributed by atoms with Crippen molar-refractivity contribution in [3.05, 3.63) is 34.8 Å². The van der Waals surface area contributed by atoms with Crippen LogP contribution in [-0.4, -0.2) is 11.6 Å². The minimum atomic E-state index is -0.443. The van der Waals surface area contributed by atoms with Gasteiger partial charge >= 0.3 is 5.97 Å². The molecule has 94 valence electrons. The molecule has 0 fully saturated rings.